The molecule has 200 valence electrons. The van der Waals surface area contributed by atoms with Gasteiger partial charge >= 0.3 is 0 Å². The number of thioether (sulfide) groups is 2. The Balaban J connectivity index is 1.98. The zero-order valence-electron chi connectivity index (χ0n) is 21.3. The lowest BCUT2D eigenvalue weighted by molar-refractivity contribution is 0.184. The van der Waals surface area contributed by atoms with Crippen LogP contribution in [-0.2, 0) is 9.47 Å². The Hall–Kier alpha value is -0.00312. The van der Waals surface area contributed by atoms with Gasteiger partial charge in [0.25, 0.3) is 0 Å². The molecule has 1 aliphatic heterocycles. The van der Waals surface area contributed by atoms with Gasteiger partial charge in [0.2, 0.25) is 0 Å². The Bertz CT molecular complexity index is 950. The second-order valence-corrected chi connectivity index (χ2v) is 17.4. The van der Waals surface area contributed by atoms with E-state index < -0.39 is 8.07 Å². The number of benzene rings is 2. The summed E-state index contributed by atoms with van der Waals surface area (Å²) in [5.74, 6) is 4.75. The number of hydrogen-bond donors (Lipinski definition) is 1. The topological polar surface area (TPSA) is 47.9 Å². The minimum Gasteiger partial charge on any atom is -0.493 e. The minimum atomic E-state index is -2.04. The van der Waals surface area contributed by atoms with E-state index in [1.54, 1.807) is 14.2 Å². The van der Waals surface area contributed by atoms with Crippen molar-refractivity contribution in [3.05, 3.63) is 39.3 Å². The van der Waals surface area contributed by atoms with Crippen molar-refractivity contribution in [2.45, 2.75) is 37.8 Å². The van der Waals surface area contributed by atoms with Crippen LogP contribution in [0.25, 0.3) is 11.1 Å². The molecule has 3 rings (SSSR count). The molecule has 2 aromatic carbocycles. The second kappa shape index (κ2) is 16.2. The van der Waals surface area contributed by atoms with Gasteiger partial charge in [-0.15, -0.1) is 11.8 Å². The normalized spacial score (nSPS) is 16.2. The van der Waals surface area contributed by atoms with Gasteiger partial charge in [0.15, 0.2) is 0 Å². The van der Waals surface area contributed by atoms with E-state index in [2.05, 4.69) is 62.2 Å². The van der Waals surface area contributed by atoms with E-state index >= 15 is 0 Å². The summed E-state index contributed by atoms with van der Waals surface area (Å²) >= 11 is 11.3. The van der Waals surface area contributed by atoms with E-state index in [-0.39, 0.29) is 6.61 Å². The Labute approximate surface area is 242 Å². The molecule has 1 atom stereocenters. The molecule has 0 saturated carbocycles. The van der Waals surface area contributed by atoms with E-state index in [1.165, 1.54) is 40.0 Å². The number of rotatable bonds is 18. The summed E-state index contributed by atoms with van der Waals surface area (Å²) in [6.07, 6.45) is 4.31. The zero-order valence-corrected chi connectivity index (χ0v) is 27.1. The molecule has 1 unspecified atom stereocenters. The number of fused-ring (bicyclic) bond motifs is 3. The molecule has 9 heteroatoms. The van der Waals surface area contributed by atoms with Crippen LogP contribution in [0.15, 0.2) is 39.3 Å². The Morgan fingerprint density at radius 2 is 1.53 bits per heavy atom. The van der Waals surface area contributed by atoms with Crippen molar-refractivity contribution in [1.82, 2.24) is 0 Å². The largest absolute Gasteiger partial charge is 0.493 e. The summed E-state index contributed by atoms with van der Waals surface area (Å²) in [6.45, 7) is 1.71. The first-order valence-corrected chi connectivity index (χ1v) is 18.9. The van der Waals surface area contributed by atoms with E-state index in [9.17, 15) is 5.11 Å². The maximum absolute atomic E-state index is 9.23. The number of aliphatic hydroxyl groups excluding tert-OH is 1. The van der Waals surface area contributed by atoms with E-state index in [1.807, 2.05) is 23.5 Å². The Kier molecular flexibility index (Phi) is 13.7. The van der Waals surface area contributed by atoms with Crippen LogP contribution in [0.1, 0.15) is 25.7 Å². The molecule has 1 aliphatic rings. The van der Waals surface area contributed by atoms with Crippen LogP contribution in [0.2, 0.25) is 12.1 Å². The lowest BCUT2D eigenvalue weighted by Gasteiger charge is -2.30. The molecular weight excluding hydrogens is 640 g/mol. The highest BCUT2D eigenvalue weighted by atomic mass is 79.9. The molecule has 0 radical (unpaired) electrons. The van der Waals surface area contributed by atoms with E-state index in [0.717, 1.165) is 63.8 Å². The smallest absolute Gasteiger partial charge is 0.128 e. The second-order valence-electron chi connectivity index (χ2n) is 9.00. The fraction of sp³-hybridized carbons (Fsp3) is 0.556. The van der Waals surface area contributed by atoms with Crippen LogP contribution >= 0.6 is 55.4 Å². The quantitative estimate of drug-likeness (QED) is 0.112. The summed E-state index contributed by atoms with van der Waals surface area (Å²) < 4.78 is 19.2. The van der Waals surface area contributed by atoms with Crippen LogP contribution in [0.3, 0.4) is 0 Å². The number of unbranched alkanes of at least 4 members (excludes halogenated alkanes) is 1. The van der Waals surface area contributed by atoms with Gasteiger partial charge in [0.05, 0.1) is 19.2 Å². The highest BCUT2D eigenvalue weighted by Crippen LogP contribution is 2.42. The van der Waals surface area contributed by atoms with Gasteiger partial charge in [0, 0.05) is 41.1 Å². The maximum atomic E-state index is 9.23. The molecule has 0 bridgehead atoms. The molecule has 0 fully saturated rings. The molecule has 4 nitrogen and oxygen atoms in total. The van der Waals surface area contributed by atoms with E-state index in [4.69, 9.17) is 14.2 Å². The number of hydrogen-bond acceptors (Lipinski definition) is 6. The van der Waals surface area contributed by atoms with Gasteiger partial charge < -0.3 is 19.3 Å². The minimum absolute atomic E-state index is 0.251. The predicted molar refractivity (Wildman–Crippen MR) is 166 cm³/mol. The Morgan fingerprint density at radius 3 is 2.25 bits per heavy atom. The number of halogens is 2. The highest BCUT2D eigenvalue weighted by molar-refractivity contribution is 9.10. The summed E-state index contributed by atoms with van der Waals surface area (Å²) in [7, 11) is 1.48. The summed E-state index contributed by atoms with van der Waals surface area (Å²) in [5, 5.41) is 12.3. The molecular formula is C27H38Br2O4S2Si. The van der Waals surface area contributed by atoms with Crippen molar-refractivity contribution in [2.24, 2.45) is 0 Å². The number of methoxy groups -OCH3 is 2. The summed E-state index contributed by atoms with van der Waals surface area (Å²) in [5.41, 5.74) is 2.67. The molecule has 0 saturated heterocycles. The lowest BCUT2D eigenvalue weighted by atomic mass is 10.0. The first-order chi connectivity index (χ1) is 17.6. The third-order valence-electron chi connectivity index (χ3n) is 6.57. The van der Waals surface area contributed by atoms with Crippen LogP contribution in [-0.4, -0.2) is 70.4 Å². The average Bonchev–Trinajstić information content (AvgIpc) is 3.12. The van der Waals surface area contributed by atoms with Crippen molar-refractivity contribution < 1.29 is 19.3 Å². The molecule has 2 aromatic rings. The van der Waals surface area contributed by atoms with Gasteiger partial charge in [-0.2, -0.15) is 11.8 Å². The summed E-state index contributed by atoms with van der Waals surface area (Å²) in [4.78, 5) is 0. The third kappa shape index (κ3) is 8.01. The van der Waals surface area contributed by atoms with Crippen LogP contribution in [0.4, 0.5) is 0 Å². The summed E-state index contributed by atoms with van der Waals surface area (Å²) in [6, 6.07) is 13.8. The van der Waals surface area contributed by atoms with E-state index in [0.29, 0.717) is 6.61 Å². The first kappa shape index (κ1) is 30.5. The molecule has 0 amide bonds. The van der Waals surface area contributed by atoms with Crippen molar-refractivity contribution in [2.75, 3.05) is 57.2 Å². The Morgan fingerprint density at radius 1 is 0.806 bits per heavy atom. The van der Waals surface area contributed by atoms with Gasteiger partial charge in [-0.1, -0.05) is 37.9 Å². The van der Waals surface area contributed by atoms with Gasteiger partial charge in [-0.05, 0) is 89.5 Å². The van der Waals surface area contributed by atoms with Crippen molar-refractivity contribution in [3.63, 3.8) is 0 Å². The SMILES string of the molecule is COCCCCOc1cc(Br)cc2c1-c1ccc(Br)cc1[Si]2(CCCSCCO)CCCSCOC. The first-order valence-electron chi connectivity index (χ1n) is 12.6. The standard InChI is InChI=1S/C27H38Br2O4S2Si/c1-31-10-3-4-11-33-24-17-22(29)19-26-27(24)23-8-7-21(28)18-25(23)36(26,15-5-12-34-14-9-30)16-6-13-35-20-32-2/h7-8,17-19,30H,3-6,9-16,20H2,1-2H3. The molecule has 1 N–H and O–H groups in total. The predicted octanol–water partition coefficient (Wildman–Crippen LogP) is 6.40. The lowest BCUT2D eigenvalue weighted by Crippen LogP contribution is -2.55. The van der Waals surface area contributed by atoms with Gasteiger partial charge in [-0.3, -0.25) is 0 Å². The third-order valence-corrected chi connectivity index (χ3v) is 14.8. The molecule has 0 aromatic heterocycles. The van der Waals surface area contributed by atoms with Crippen molar-refractivity contribution in [1.29, 1.82) is 0 Å². The van der Waals surface area contributed by atoms with Crippen LogP contribution in [0.5, 0.6) is 5.75 Å². The molecule has 0 aliphatic carbocycles. The highest BCUT2D eigenvalue weighted by Gasteiger charge is 2.46. The van der Waals surface area contributed by atoms with Crippen molar-refractivity contribution >= 4 is 73.8 Å². The maximum Gasteiger partial charge on any atom is 0.128 e. The molecule has 36 heavy (non-hydrogen) atoms. The monoisotopic (exact) mass is 676 g/mol. The molecule has 1 heterocycles. The molecule has 0 spiro atoms. The number of aliphatic hydroxyl groups is 1. The number of ether oxygens (including phenoxy) is 3. The van der Waals surface area contributed by atoms with Crippen LogP contribution < -0.4 is 15.1 Å². The van der Waals surface area contributed by atoms with Gasteiger partial charge in [0.1, 0.15) is 13.8 Å². The van der Waals surface area contributed by atoms with Gasteiger partial charge in [-0.25, -0.2) is 0 Å². The fourth-order valence-electron chi connectivity index (χ4n) is 5.08. The average molecular weight is 679 g/mol. The van der Waals surface area contributed by atoms with Crippen LogP contribution in [0, 0.1) is 0 Å². The van der Waals surface area contributed by atoms with Crippen molar-refractivity contribution in [3.8, 4) is 16.9 Å². The fourth-order valence-corrected chi connectivity index (χ4v) is 13.6. The zero-order chi connectivity index (χ0) is 25.8.